The van der Waals surface area contributed by atoms with Gasteiger partial charge in [-0.05, 0) is 50.4 Å². The van der Waals surface area contributed by atoms with Gasteiger partial charge in [0.2, 0.25) is 0 Å². The van der Waals surface area contributed by atoms with Gasteiger partial charge in [0.1, 0.15) is 0 Å². The first kappa shape index (κ1) is 13.2. The molecular formula is C16H19N3OS. The van der Waals surface area contributed by atoms with Crippen LogP contribution in [0, 0.1) is 5.92 Å². The molecule has 3 aliphatic heterocycles. The molecule has 21 heavy (non-hydrogen) atoms. The summed E-state index contributed by atoms with van der Waals surface area (Å²) in [6.07, 6.45) is 3.69. The zero-order valence-corrected chi connectivity index (χ0v) is 12.7. The Balaban J connectivity index is 1.50. The highest BCUT2D eigenvalue weighted by atomic mass is 32.1. The number of carbonyl (C=O) groups excluding carboxylic acids is 1. The van der Waals surface area contributed by atoms with Gasteiger partial charge < -0.3 is 10.2 Å². The molecule has 1 N–H and O–H groups in total. The average Bonchev–Trinajstić information content (AvgIpc) is 2.73. The number of para-hydroxylation sites is 1. The fraction of sp³-hybridized carbons (Fsp3) is 0.500. The molecule has 4 heterocycles. The molecule has 1 atom stereocenters. The second kappa shape index (κ2) is 5.39. The molecule has 2 bridgehead atoms. The minimum Gasteiger partial charge on any atom is -0.346 e. The second-order valence-electron chi connectivity index (χ2n) is 6.14. The maximum Gasteiger partial charge on any atom is 0.280 e. The third-order valence-electron chi connectivity index (χ3n) is 4.63. The topological polar surface area (TPSA) is 45.2 Å². The molecule has 5 heteroatoms. The number of thiazole rings is 1. The van der Waals surface area contributed by atoms with Crippen LogP contribution in [0.25, 0.3) is 10.2 Å². The molecule has 0 radical (unpaired) electrons. The van der Waals surface area contributed by atoms with Crippen LogP contribution in [0.4, 0.5) is 0 Å². The fourth-order valence-corrected chi connectivity index (χ4v) is 4.38. The lowest BCUT2D eigenvalue weighted by Crippen LogP contribution is -2.41. The van der Waals surface area contributed by atoms with E-state index < -0.39 is 0 Å². The number of aromatic nitrogens is 1. The minimum atomic E-state index is -0.0105. The van der Waals surface area contributed by atoms with Crippen LogP contribution in [0.1, 0.15) is 29.1 Å². The van der Waals surface area contributed by atoms with Crippen LogP contribution < -0.4 is 5.32 Å². The quantitative estimate of drug-likeness (QED) is 0.927. The Morgan fingerprint density at radius 1 is 1.29 bits per heavy atom. The summed E-state index contributed by atoms with van der Waals surface area (Å²) in [6.45, 7) is 3.38. The van der Waals surface area contributed by atoms with E-state index in [1.54, 1.807) is 0 Å². The number of hydrogen-bond donors (Lipinski definition) is 1. The van der Waals surface area contributed by atoms with Crippen molar-refractivity contribution in [3.63, 3.8) is 0 Å². The summed E-state index contributed by atoms with van der Waals surface area (Å²) in [5.74, 6) is 0.771. The summed E-state index contributed by atoms with van der Waals surface area (Å²) in [5, 5.41) is 3.79. The van der Waals surface area contributed by atoms with E-state index in [9.17, 15) is 4.79 Å². The molecule has 1 aromatic heterocycles. The molecule has 1 unspecified atom stereocenters. The lowest BCUT2D eigenvalue weighted by atomic mass is 9.94. The number of hydrogen-bond acceptors (Lipinski definition) is 4. The Morgan fingerprint density at radius 2 is 2.10 bits per heavy atom. The molecule has 3 fully saturated rings. The Labute approximate surface area is 128 Å². The number of amides is 1. The van der Waals surface area contributed by atoms with Gasteiger partial charge in [-0.2, -0.15) is 0 Å². The van der Waals surface area contributed by atoms with Gasteiger partial charge in [-0.15, -0.1) is 11.3 Å². The molecule has 3 saturated heterocycles. The van der Waals surface area contributed by atoms with Crippen LogP contribution in [-0.2, 0) is 0 Å². The molecule has 4 nitrogen and oxygen atoms in total. The molecular weight excluding hydrogens is 282 g/mol. The van der Waals surface area contributed by atoms with E-state index in [4.69, 9.17) is 0 Å². The SMILES string of the molecule is O=C(NC1CC2CCN(CC2)C1)c1nc2ccccc2s1. The van der Waals surface area contributed by atoms with Crippen LogP contribution >= 0.6 is 11.3 Å². The Hall–Kier alpha value is -1.46. The molecule has 2 aromatic rings. The summed E-state index contributed by atoms with van der Waals surface area (Å²) in [7, 11) is 0. The first-order chi connectivity index (χ1) is 10.3. The summed E-state index contributed by atoms with van der Waals surface area (Å²) in [6, 6.07) is 8.19. The van der Waals surface area contributed by atoms with Crippen LogP contribution in [0.2, 0.25) is 0 Å². The summed E-state index contributed by atoms with van der Waals surface area (Å²) < 4.78 is 1.08. The minimum absolute atomic E-state index is 0.0105. The molecule has 0 aliphatic carbocycles. The average molecular weight is 301 g/mol. The van der Waals surface area contributed by atoms with Crippen molar-refractivity contribution in [2.75, 3.05) is 19.6 Å². The molecule has 110 valence electrons. The number of carbonyl (C=O) groups is 1. The van der Waals surface area contributed by atoms with Gasteiger partial charge in [0, 0.05) is 12.6 Å². The third-order valence-corrected chi connectivity index (χ3v) is 5.66. The zero-order chi connectivity index (χ0) is 14.2. The smallest absolute Gasteiger partial charge is 0.280 e. The number of benzene rings is 1. The van der Waals surface area contributed by atoms with Crippen LogP contribution in [0.3, 0.4) is 0 Å². The summed E-state index contributed by atoms with van der Waals surface area (Å²) in [5.41, 5.74) is 0.914. The van der Waals surface area contributed by atoms with E-state index in [0.717, 1.165) is 29.1 Å². The molecule has 1 amide bonds. The Bertz CT molecular complexity index is 613. The predicted octanol–water partition coefficient (Wildman–Crippen LogP) is 2.51. The van der Waals surface area contributed by atoms with Gasteiger partial charge >= 0.3 is 0 Å². The van der Waals surface area contributed by atoms with Crippen molar-refractivity contribution in [1.29, 1.82) is 0 Å². The van der Waals surface area contributed by atoms with E-state index in [0.29, 0.717) is 5.01 Å². The number of fused-ring (bicyclic) bond motifs is 5. The van der Waals surface area contributed by atoms with Crippen LogP contribution in [-0.4, -0.2) is 41.5 Å². The van der Waals surface area contributed by atoms with Gasteiger partial charge in [-0.3, -0.25) is 4.79 Å². The second-order valence-corrected chi connectivity index (χ2v) is 7.17. The monoisotopic (exact) mass is 301 g/mol. The van der Waals surface area contributed by atoms with Crippen molar-refractivity contribution in [1.82, 2.24) is 15.2 Å². The molecule has 0 saturated carbocycles. The number of nitrogens with zero attached hydrogens (tertiary/aromatic N) is 2. The van der Waals surface area contributed by atoms with Crippen molar-refractivity contribution in [3.8, 4) is 0 Å². The van der Waals surface area contributed by atoms with E-state index in [-0.39, 0.29) is 11.9 Å². The highest BCUT2D eigenvalue weighted by Crippen LogP contribution is 2.27. The van der Waals surface area contributed by atoms with E-state index in [2.05, 4.69) is 15.2 Å². The summed E-state index contributed by atoms with van der Waals surface area (Å²) >= 11 is 1.48. The normalized spacial score (nSPS) is 28.5. The lowest BCUT2D eigenvalue weighted by Gasteiger charge is -2.26. The van der Waals surface area contributed by atoms with Gasteiger partial charge in [-0.25, -0.2) is 4.98 Å². The van der Waals surface area contributed by atoms with Crippen molar-refractivity contribution in [2.24, 2.45) is 5.92 Å². The van der Waals surface area contributed by atoms with Crippen LogP contribution in [0.5, 0.6) is 0 Å². The van der Waals surface area contributed by atoms with Gasteiger partial charge in [0.25, 0.3) is 5.91 Å². The molecule has 0 spiro atoms. The van der Waals surface area contributed by atoms with E-state index in [1.165, 1.54) is 37.3 Å². The highest BCUT2D eigenvalue weighted by molar-refractivity contribution is 7.20. The lowest BCUT2D eigenvalue weighted by molar-refractivity contribution is 0.0928. The maximum absolute atomic E-state index is 12.4. The fourth-order valence-electron chi connectivity index (χ4n) is 3.51. The predicted molar refractivity (Wildman–Crippen MR) is 84.7 cm³/mol. The largest absolute Gasteiger partial charge is 0.346 e. The highest BCUT2D eigenvalue weighted by Gasteiger charge is 2.30. The van der Waals surface area contributed by atoms with Gasteiger partial charge in [0.05, 0.1) is 10.2 Å². The van der Waals surface area contributed by atoms with Crippen molar-refractivity contribution < 1.29 is 4.79 Å². The third kappa shape index (κ3) is 2.68. The van der Waals surface area contributed by atoms with Crippen molar-refractivity contribution in [2.45, 2.75) is 25.3 Å². The van der Waals surface area contributed by atoms with Crippen molar-refractivity contribution in [3.05, 3.63) is 29.3 Å². The van der Waals surface area contributed by atoms with Crippen molar-refractivity contribution >= 4 is 27.5 Å². The standard InChI is InChI=1S/C16H19N3OS/c20-15(16-18-13-3-1-2-4-14(13)21-16)17-12-9-11-5-7-19(10-12)8-6-11/h1-4,11-12H,5-10H2,(H,17,20). The number of piperidine rings is 1. The first-order valence-electron chi connectivity index (χ1n) is 7.67. The molecule has 3 aliphatic rings. The summed E-state index contributed by atoms with van der Waals surface area (Å²) in [4.78, 5) is 19.4. The number of nitrogens with one attached hydrogen (secondary N) is 1. The Kier molecular flexibility index (Phi) is 3.39. The molecule has 1 aromatic carbocycles. The van der Waals surface area contributed by atoms with Gasteiger partial charge in [0.15, 0.2) is 5.01 Å². The van der Waals surface area contributed by atoms with E-state index in [1.807, 2.05) is 24.3 Å². The van der Waals surface area contributed by atoms with Crippen LogP contribution in [0.15, 0.2) is 24.3 Å². The molecule has 5 rings (SSSR count). The zero-order valence-electron chi connectivity index (χ0n) is 11.9. The van der Waals surface area contributed by atoms with E-state index >= 15 is 0 Å². The maximum atomic E-state index is 12.4. The first-order valence-corrected chi connectivity index (χ1v) is 8.48. The van der Waals surface area contributed by atoms with Gasteiger partial charge in [-0.1, -0.05) is 12.1 Å². The Morgan fingerprint density at radius 3 is 2.90 bits per heavy atom. The number of rotatable bonds is 2.